The molecule has 1 aromatic rings. The summed E-state index contributed by atoms with van der Waals surface area (Å²) in [6.45, 7) is 2.08. The number of pyridine rings is 1. The van der Waals surface area contributed by atoms with Crippen LogP contribution in [0.5, 0.6) is 0 Å². The van der Waals surface area contributed by atoms with E-state index in [0.717, 1.165) is 25.1 Å². The van der Waals surface area contributed by atoms with Gasteiger partial charge in [-0.2, -0.15) is 0 Å². The van der Waals surface area contributed by atoms with Gasteiger partial charge in [0.2, 0.25) is 0 Å². The van der Waals surface area contributed by atoms with E-state index in [-0.39, 0.29) is 17.5 Å². The van der Waals surface area contributed by atoms with Crippen molar-refractivity contribution >= 4 is 11.8 Å². The zero-order valence-electron chi connectivity index (χ0n) is 9.85. The minimum atomic E-state index is -0.282. The first kappa shape index (κ1) is 11.1. The van der Waals surface area contributed by atoms with Crippen molar-refractivity contribution in [3.8, 4) is 0 Å². The largest absolute Gasteiger partial charge is 0.313 e. The van der Waals surface area contributed by atoms with E-state index in [2.05, 4.69) is 10.3 Å². The van der Waals surface area contributed by atoms with Crippen LogP contribution in [0.1, 0.15) is 27.3 Å². The average molecular weight is 243 g/mol. The zero-order valence-corrected chi connectivity index (χ0v) is 9.85. The van der Waals surface area contributed by atoms with Gasteiger partial charge in [-0.25, -0.2) is 0 Å². The molecular formula is C13H13N3O2. The van der Waals surface area contributed by atoms with E-state index in [1.165, 1.54) is 11.1 Å². The second-order valence-corrected chi connectivity index (χ2v) is 4.41. The fraction of sp³-hybridized carbons (Fsp3) is 0.308. The number of amides is 2. The van der Waals surface area contributed by atoms with Gasteiger partial charge in [-0.15, -0.1) is 0 Å². The monoisotopic (exact) mass is 243 g/mol. The summed E-state index contributed by atoms with van der Waals surface area (Å²) >= 11 is 0. The molecule has 0 aromatic carbocycles. The van der Waals surface area contributed by atoms with E-state index in [0.29, 0.717) is 12.1 Å². The van der Waals surface area contributed by atoms with Crippen molar-refractivity contribution in [1.29, 1.82) is 0 Å². The molecule has 0 bridgehead atoms. The number of nitrogens with one attached hydrogen (secondary N) is 1. The Bertz CT molecular complexity index is 516. The molecule has 0 spiro atoms. The molecule has 3 heterocycles. The summed E-state index contributed by atoms with van der Waals surface area (Å²) in [6.07, 6.45) is 4.46. The Balaban J connectivity index is 1.86. The molecule has 0 atom stereocenters. The van der Waals surface area contributed by atoms with Gasteiger partial charge in [-0.05, 0) is 25.1 Å². The first-order valence-corrected chi connectivity index (χ1v) is 5.97. The smallest absolute Gasteiger partial charge is 0.280 e. The first-order valence-electron chi connectivity index (χ1n) is 5.97. The minimum absolute atomic E-state index is 0.234. The number of carbonyl (C=O) groups is 2. The SMILES string of the molecule is O=C1c2cccnc2C(=O)N1CC1=CCNCC1. The number of rotatable bonds is 2. The molecule has 2 aliphatic rings. The van der Waals surface area contributed by atoms with Crippen molar-refractivity contribution < 1.29 is 9.59 Å². The molecule has 0 saturated carbocycles. The topological polar surface area (TPSA) is 62.3 Å². The maximum Gasteiger partial charge on any atom is 0.280 e. The van der Waals surface area contributed by atoms with Gasteiger partial charge in [0.15, 0.2) is 0 Å². The second-order valence-electron chi connectivity index (χ2n) is 4.41. The molecule has 0 fully saturated rings. The predicted octanol–water partition coefficient (Wildman–Crippen LogP) is 0.597. The van der Waals surface area contributed by atoms with Crippen molar-refractivity contribution in [2.75, 3.05) is 19.6 Å². The predicted molar refractivity (Wildman–Crippen MR) is 65.2 cm³/mol. The summed E-state index contributed by atoms with van der Waals surface area (Å²) in [5, 5.41) is 3.20. The lowest BCUT2D eigenvalue weighted by Gasteiger charge is -2.19. The highest BCUT2D eigenvalue weighted by molar-refractivity contribution is 6.20. The summed E-state index contributed by atoms with van der Waals surface area (Å²) in [5.74, 6) is -0.516. The van der Waals surface area contributed by atoms with E-state index in [1.807, 2.05) is 6.08 Å². The van der Waals surface area contributed by atoms with Crippen molar-refractivity contribution in [2.45, 2.75) is 6.42 Å². The maximum atomic E-state index is 12.1. The van der Waals surface area contributed by atoms with Gasteiger partial charge in [0.25, 0.3) is 11.8 Å². The van der Waals surface area contributed by atoms with Crippen LogP contribution in [0, 0.1) is 0 Å². The van der Waals surface area contributed by atoms with Crippen LogP contribution in [0.3, 0.4) is 0 Å². The Kier molecular flexibility index (Phi) is 2.68. The summed E-state index contributed by atoms with van der Waals surface area (Å²) in [4.78, 5) is 29.5. The van der Waals surface area contributed by atoms with Gasteiger partial charge in [0.1, 0.15) is 5.69 Å². The van der Waals surface area contributed by atoms with E-state index in [9.17, 15) is 9.59 Å². The number of imide groups is 1. The fourth-order valence-corrected chi connectivity index (χ4v) is 2.27. The van der Waals surface area contributed by atoms with Gasteiger partial charge in [-0.3, -0.25) is 19.5 Å². The van der Waals surface area contributed by atoms with Crippen LogP contribution < -0.4 is 5.32 Å². The third-order valence-electron chi connectivity index (χ3n) is 3.25. The molecule has 92 valence electrons. The van der Waals surface area contributed by atoms with Crippen molar-refractivity contribution in [1.82, 2.24) is 15.2 Å². The lowest BCUT2D eigenvalue weighted by molar-refractivity contribution is 0.0664. The fourth-order valence-electron chi connectivity index (χ4n) is 2.27. The minimum Gasteiger partial charge on any atom is -0.313 e. The molecule has 0 unspecified atom stereocenters. The molecule has 0 aliphatic carbocycles. The second kappa shape index (κ2) is 4.34. The Hall–Kier alpha value is -2.01. The lowest BCUT2D eigenvalue weighted by atomic mass is 10.1. The highest BCUT2D eigenvalue weighted by Crippen LogP contribution is 2.22. The molecule has 0 radical (unpaired) electrons. The van der Waals surface area contributed by atoms with Crippen LogP contribution in [0.2, 0.25) is 0 Å². The number of nitrogens with zero attached hydrogens (tertiary/aromatic N) is 2. The third-order valence-corrected chi connectivity index (χ3v) is 3.25. The average Bonchev–Trinajstić information content (AvgIpc) is 2.66. The molecule has 5 heteroatoms. The van der Waals surface area contributed by atoms with Crippen LogP contribution in [-0.2, 0) is 0 Å². The normalized spacial score (nSPS) is 18.9. The summed E-state index contributed by atoms with van der Waals surface area (Å²) in [7, 11) is 0. The quantitative estimate of drug-likeness (QED) is 0.610. The Labute approximate surface area is 105 Å². The lowest BCUT2D eigenvalue weighted by Crippen LogP contribution is -2.34. The number of fused-ring (bicyclic) bond motifs is 1. The molecular weight excluding hydrogens is 230 g/mol. The highest BCUT2D eigenvalue weighted by Gasteiger charge is 2.36. The van der Waals surface area contributed by atoms with E-state index < -0.39 is 0 Å². The van der Waals surface area contributed by atoms with E-state index >= 15 is 0 Å². The number of carbonyl (C=O) groups excluding carboxylic acids is 2. The Morgan fingerprint density at radius 1 is 1.33 bits per heavy atom. The van der Waals surface area contributed by atoms with Crippen LogP contribution in [0.4, 0.5) is 0 Å². The molecule has 18 heavy (non-hydrogen) atoms. The molecule has 2 aliphatic heterocycles. The maximum absolute atomic E-state index is 12.1. The van der Waals surface area contributed by atoms with Gasteiger partial charge in [-0.1, -0.05) is 11.6 Å². The Morgan fingerprint density at radius 2 is 2.22 bits per heavy atom. The van der Waals surface area contributed by atoms with Crippen LogP contribution >= 0.6 is 0 Å². The molecule has 2 amide bonds. The molecule has 3 rings (SSSR count). The van der Waals surface area contributed by atoms with Crippen LogP contribution in [-0.4, -0.2) is 41.3 Å². The van der Waals surface area contributed by atoms with Gasteiger partial charge in [0.05, 0.1) is 12.1 Å². The van der Waals surface area contributed by atoms with Gasteiger partial charge in [0, 0.05) is 12.7 Å². The number of aromatic nitrogens is 1. The summed E-state index contributed by atoms with van der Waals surface area (Å²) in [5.41, 5.74) is 1.82. The van der Waals surface area contributed by atoms with Gasteiger partial charge < -0.3 is 5.32 Å². The van der Waals surface area contributed by atoms with Crippen LogP contribution in [0.25, 0.3) is 0 Å². The van der Waals surface area contributed by atoms with Crippen molar-refractivity contribution in [2.24, 2.45) is 0 Å². The molecule has 0 saturated heterocycles. The van der Waals surface area contributed by atoms with Gasteiger partial charge >= 0.3 is 0 Å². The number of hydrogen-bond donors (Lipinski definition) is 1. The van der Waals surface area contributed by atoms with E-state index in [1.54, 1.807) is 12.1 Å². The molecule has 1 aromatic heterocycles. The summed E-state index contributed by atoms with van der Waals surface area (Å²) < 4.78 is 0. The van der Waals surface area contributed by atoms with Crippen molar-refractivity contribution in [3.05, 3.63) is 41.2 Å². The Morgan fingerprint density at radius 3 is 2.94 bits per heavy atom. The highest BCUT2D eigenvalue weighted by atomic mass is 16.2. The van der Waals surface area contributed by atoms with E-state index in [4.69, 9.17) is 0 Å². The number of hydrogen-bond acceptors (Lipinski definition) is 4. The summed E-state index contributed by atoms with van der Waals surface area (Å²) in [6, 6.07) is 3.33. The third kappa shape index (κ3) is 1.73. The molecule has 1 N–H and O–H groups in total. The first-order chi connectivity index (χ1) is 8.77. The van der Waals surface area contributed by atoms with Crippen molar-refractivity contribution in [3.63, 3.8) is 0 Å². The zero-order chi connectivity index (χ0) is 12.5. The van der Waals surface area contributed by atoms with Crippen LogP contribution in [0.15, 0.2) is 30.0 Å². The molecule has 5 nitrogen and oxygen atoms in total. The standard InChI is InChI=1S/C13H13N3O2/c17-12-10-2-1-5-15-11(10)13(18)16(12)8-9-3-6-14-7-4-9/h1-3,5,14H,4,6-8H2.